The van der Waals surface area contributed by atoms with Crippen molar-refractivity contribution in [2.45, 2.75) is 38.5 Å². The third-order valence-electron chi connectivity index (χ3n) is 5.73. The van der Waals surface area contributed by atoms with Crippen molar-refractivity contribution in [2.75, 3.05) is 20.8 Å². The Morgan fingerprint density at radius 3 is 2.20 bits per heavy atom. The van der Waals surface area contributed by atoms with Crippen LogP contribution in [0, 0.1) is 5.92 Å². The lowest BCUT2D eigenvalue weighted by Gasteiger charge is -2.27. The molecule has 30 heavy (non-hydrogen) atoms. The number of carbonyl (C=O) groups excluding carboxylic acids is 2. The lowest BCUT2D eigenvalue weighted by molar-refractivity contribution is -0.129. The third kappa shape index (κ3) is 5.19. The van der Waals surface area contributed by atoms with Crippen LogP contribution in [0.15, 0.2) is 48.5 Å². The molecule has 2 aromatic rings. The van der Waals surface area contributed by atoms with E-state index >= 15 is 0 Å². The Morgan fingerprint density at radius 1 is 1.03 bits per heavy atom. The zero-order valence-electron chi connectivity index (χ0n) is 17.7. The van der Waals surface area contributed by atoms with E-state index in [1.54, 1.807) is 14.2 Å². The van der Waals surface area contributed by atoms with Crippen LogP contribution in [0.2, 0.25) is 0 Å². The highest BCUT2D eigenvalue weighted by Gasteiger charge is 2.37. The molecule has 1 fully saturated rings. The van der Waals surface area contributed by atoms with Crippen molar-refractivity contribution < 1.29 is 23.8 Å². The van der Waals surface area contributed by atoms with E-state index in [-0.39, 0.29) is 30.4 Å². The minimum atomic E-state index is -0.290. The van der Waals surface area contributed by atoms with Crippen LogP contribution in [0.25, 0.3) is 0 Å². The average Bonchev–Trinajstić information content (AvgIpc) is 3.17. The number of amides is 1. The van der Waals surface area contributed by atoms with Gasteiger partial charge in [-0.15, -0.1) is 0 Å². The SMILES string of the molecule is COc1ccc(COC(CC=O)C2CC(=O)N(C(C)c3ccc(OC)cc3)C2)cc1. The van der Waals surface area contributed by atoms with E-state index in [1.165, 1.54) is 0 Å². The van der Waals surface area contributed by atoms with Crippen LogP contribution in [0.5, 0.6) is 11.5 Å². The van der Waals surface area contributed by atoms with Crippen LogP contribution in [0.1, 0.15) is 36.9 Å². The molecule has 0 spiro atoms. The van der Waals surface area contributed by atoms with Gasteiger partial charge in [-0.2, -0.15) is 0 Å². The summed E-state index contributed by atoms with van der Waals surface area (Å²) in [6.07, 6.45) is 1.25. The molecule has 2 aromatic carbocycles. The second-order valence-corrected chi connectivity index (χ2v) is 7.56. The molecule has 160 valence electrons. The Kier molecular flexibility index (Phi) is 7.46. The van der Waals surface area contributed by atoms with E-state index in [0.717, 1.165) is 28.9 Å². The van der Waals surface area contributed by atoms with E-state index < -0.39 is 0 Å². The quantitative estimate of drug-likeness (QED) is 0.557. The molecule has 0 radical (unpaired) electrons. The number of hydrogen-bond donors (Lipinski definition) is 0. The van der Waals surface area contributed by atoms with Gasteiger partial charge in [-0.3, -0.25) is 4.79 Å². The van der Waals surface area contributed by atoms with Crippen LogP contribution in [-0.4, -0.2) is 44.0 Å². The number of likely N-dealkylation sites (tertiary alicyclic amines) is 1. The van der Waals surface area contributed by atoms with Crippen LogP contribution in [0.4, 0.5) is 0 Å². The third-order valence-corrected chi connectivity index (χ3v) is 5.73. The zero-order chi connectivity index (χ0) is 21.5. The molecule has 0 aliphatic carbocycles. The molecule has 1 aliphatic heterocycles. The normalized spacial score (nSPS) is 18.2. The maximum atomic E-state index is 12.7. The van der Waals surface area contributed by atoms with Gasteiger partial charge >= 0.3 is 0 Å². The van der Waals surface area contributed by atoms with Gasteiger partial charge < -0.3 is 23.9 Å². The van der Waals surface area contributed by atoms with E-state index in [4.69, 9.17) is 14.2 Å². The number of nitrogens with zero attached hydrogens (tertiary/aromatic N) is 1. The second kappa shape index (κ2) is 10.3. The maximum Gasteiger partial charge on any atom is 0.223 e. The summed E-state index contributed by atoms with van der Waals surface area (Å²) in [4.78, 5) is 25.8. The van der Waals surface area contributed by atoms with Crippen LogP contribution in [-0.2, 0) is 20.9 Å². The highest BCUT2D eigenvalue weighted by Crippen LogP contribution is 2.32. The largest absolute Gasteiger partial charge is 0.497 e. The highest BCUT2D eigenvalue weighted by molar-refractivity contribution is 5.79. The fraction of sp³-hybridized carbons (Fsp3) is 0.417. The van der Waals surface area contributed by atoms with Crippen molar-refractivity contribution in [1.29, 1.82) is 0 Å². The van der Waals surface area contributed by atoms with Gasteiger partial charge in [0.15, 0.2) is 0 Å². The summed E-state index contributed by atoms with van der Waals surface area (Å²) < 4.78 is 16.5. The monoisotopic (exact) mass is 411 g/mol. The van der Waals surface area contributed by atoms with Crippen LogP contribution < -0.4 is 9.47 Å². The zero-order valence-corrected chi connectivity index (χ0v) is 17.7. The van der Waals surface area contributed by atoms with Crippen molar-refractivity contribution in [3.8, 4) is 11.5 Å². The Hall–Kier alpha value is -2.86. The van der Waals surface area contributed by atoms with Gasteiger partial charge in [-0.25, -0.2) is 0 Å². The molecule has 1 aliphatic rings. The average molecular weight is 411 g/mol. The molecule has 1 heterocycles. The molecular formula is C24H29NO5. The number of benzene rings is 2. The van der Waals surface area contributed by atoms with E-state index in [9.17, 15) is 9.59 Å². The lowest BCUT2D eigenvalue weighted by Crippen LogP contribution is -2.31. The first-order valence-corrected chi connectivity index (χ1v) is 10.2. The molecular weight excluding hydrogens is 382 g/mol. The molecule has 0 bridgehead atoms. The van der Waals surface area contributed by atoms with Crippen molar-refractivity contribution in [3.63, 3.8) is 0 Å². The number of hydrogen-bond acceptors (Lipinski definition) is 5. The molecule has 3 unspecified atom stereocenters. The molecule has 1 amide bonds. The summed E-state index contributed by atoms with van der Waals surface area (Å²) in [5, 5.41) is 0. The first-order valence-electron chi connectivity index (χ1n) is 10.2. The van der Waals surface area contributed by atoms with Crippen LogP contribution in [0.3, 0.4) is 0 Å². The molecule has 1 saturated heterocycles. The Balaban J connectivity index is 1.63. The molecule has 0 N–H and O–H groups in total. The van der Waals surface area contributed by atoms with Crippen molar-refractivity contribution in [2.24, 2.45) is 5.92 Å². The summed E-state index contributed by atoms with van der Waals surface area (Å²) in [5.41, 5.74) is 2.05. The second-order valence-electron chi connectivity index (χ2n) is 7.56. The maximum absolute atomic E-state index is 12.7. The topological polar surface area (TPSA) is 65.1 Å². The summed E-state index contributed by atoms with van der Waals surface area (Å²) in [7, 11) is 3.26. The van der Waals surface area contributed by atoms with Gasteiger partial charge in [0.05, 0.1) is 33.0 Å². The van der Waals surface area contributed by atoms with E-state index in [1.807, 2.05) is 60.4 Å². The van der Waals surface area contributed by atoms with Gasteiger partial charge in [0, 0.05) is 25.3 Å². The minimum absolute atomic E-state index is 0.0124. The first kappa shape index (κ1) is 21.8. The molecule has 3 rings (SSSR count). The molecule has 0 aromatic heterocycles. The minimum Gasteiger partial charge on any atom is -0.497 e. The first-order chi connectivity index (χ1) is 14.5. The van der Waals surface area contributed by atoms with Gasteiger partial charge in [-0.1, -0.05) is 24.3 Å². The van der Waals surface area contributed by atoms with Crippen LogP contribution >= 0.6 is 0 Å². The van der Waals surface area contributed by atoms with Crippen molar-refractivity contribution in [3.05, 3.63) is 59.7 Å². The van der Waals surface area contributed by atoms with Crippen molar-refractivity contribution in [1.82, 2.24) is 4.90 Å². The molecule has 6 nitrogen and oxygen atoms in total. The number of aldehydes is 1. The number of ether oxygens (including phenoxy) is 3. The van der Waals surface area contributed by atoms with Gasteiger partial charge in [-0.05, 0) is 42.3 Å². The molecule has 0 saturated carbocycles. The van der Waals surface area contributed by atoms with E-state index in [0.29, 0.717) is 19.6 Å². The summed E-state index contributed by atoms with van der Waals surface area (Å²) >= 11 is 0. The Bertz CT molecular complexity index is 834. The van der Waals surface area contributed by atoms with E-state index in [2.05, 4.69) is 0 Å². The van der Waals surface area contributed by atoms with Gasteiger partial charge in [0.2, 0.25) is 5.91 Å². The Labute approximate surface area is 177 Å². The number of rotatable bonds is 10. The number of carbonyl (C=O) groups is 2. The predicted molar refractivity (Wildman–Crippen MR) is 113 cm³/mol. The smallest absolute Gasteiger partial charge is 0.223 e. The predicted octanol–water partition coefficient (Wildman–Crippen LogP) is 3.79. The van der Waals surface area contributed by atoms with Crippen molar-refractivity contribution >= 4 is 12.2 Å². The summed E-state index contributed by atoms with van der Waals surface area (Å²) in [6.45, 7) is 2.99. The summed E-state index contributed by atoms with van der Waals surface area (Å²) in [5.74, 6) is 1.65. The lowest BCUT2D eigenvalue weighted by atomic mass is 9.99. The number of methoxy groups -OCH3 is 2. The molecule has 3 atom stereocenters. The fourth-order valence-electron chi connectivity index (χ4n) is 3.86. The summed E-state index contributed by atoms with van der Waals surface area (Å²) in [6, 6.07) is 15.3. The highest BCUT2D eigenvalue weighted by atomic mass is 16.5. The fourth-order valence-corrected chi connectivity index (χ4v) is 3.86. The van der Waals surface area contributed by atoms with Gasteiger partial charge in [0.1, 0.15) is 17.8 Å². The molecule has 6 heteroatoms. The Morgan fingerprint density at radius 2 is 1.63 bits per heavy atom. The standard InChI is InChI=1S/C24H29NO5/c1-17(19-6-10-22(29-3)11-7-19)25-15-20(14-24(25)27)23(12-13-26)30-16-18-4-8-21(28-2)9-5-18/h4-11,13,17,20,23H,12,14-16H2,1-3H3. The van der Waals surface area contributed by atoms with Gasteiger partial charge in [0.25, 0.3) is 0 Å².